The number of carbonyl (C=O) groups is 2. The molecule has 0 radical (unpaired) electrons. The number of halogens is 1. The van der Waals surface area contributed by atoms with E-state index in [0.717, 1.165) is 31.4 Å². The van der Waals surface area contributed by atoms with Crippen LogP contribution < -0.4 is 10.6 Å². The van der Waals surface area contributed by atoms with Gasteiger partial charge < -0.3 is 15.5 Å². The van der Waals surface area contributed by atoms with Gasteiger partial charge in [-0.3, -0.25) is 4.79 Å². The van der Waals surface area contributed by atoms with Crippen molar-refractivity contribution in [2.45, 2.75) is 51.7 Å². The third-order valence-electron chi connectivity index (χ3n) is 4.20. The number of carbonyl (C=O) groups excluding carboxylic acids is 2. The van der Waals surface area contributed by atoms with Crippen molar-refractivity contribution in [2.75, 3.05) is 6.54 Å². The lowest BCUT2D eigenvalue weighted by atomic mass is 10.0. The lowest BCUT2D eigenvalue weighted by Crippen LogP contribution is -2.53. The predicted molar refractivity (Wildman–Crippen MR) is 91.3 cm³/mol. The Hall–Kier alpha value is -1.75. The second-order valence-electron chi connectivity index (χ2n) is 6.02. The molecule has 23 heavy (non-hydrogen) atoms. The van der Waals surface area contributed by atoms with Crippen LogP contribution in [0, 0.1) is 0 Å². The zero-order valence-corrected chi connectivity index (χ0v) is 14.4. The van der Waals surface area contributed by atoms with Gasteiger partial charge >= 0.3 is 6.03 Å². The lowest BCUT2D eigenvalue weighted by Gasteiger charge is -2.35. The van der Waals surface area contributed by atoms with Crippen LogP contribution in [0.25, 0.3) is 0 Å². The fourth-order valence-electron chi connectivity index (χ4n) is 2.80. The molecule has 1 aromatic carbocycles. The van der Waals surface area contributed by atoms with Crippen LogP contribution in [-0.4, -0.2) is 35.5 Å². The van der Waals surface area contributed by atoms with Crippen molar-refractivity contribution in [1.82, 2.24) is 15.5 Å². The molecule has 1 aromatic rings. The van der Waals surface area contributed by atoms with Gasteiger partial charge in [0.2, 0.25) is 5.91 Å². The molecule has 6 heteroatoms. The van der Waals surface area contributed by atoms with E-state index in [1.165, 1.54) is 0 Å². The van der Waals surface area contributed by atoms with Crippen LogP contribution in [0.5, 0.6) is 0 Å². The van der Waals surface area contributed by atoms with Crippen LogP contribution >= 0.6 is 11.6 Å². The number of hydrogen-bond acceptors (Lipinski definition) is 2. The summed E-state index contributed by atoms with van der Waals surface area (Å²) in [7, 11) is 0. The van der Waals surface area contributed by atoms with E-state index in [9.17, 15) is 9.59 Å². The van der Waals surface area contributed by atoms with Crippen molar-refractivity contribution in [1.29, 1.82) is 0 Å². The highest BCUT2D eigenvalue weighted by Gasteiger charge is 2.27. The smallest absolute Gasteiger partial charge is 0.315 e. The van der Waals surface area contributed by atoms with Crippen molar-refractivity contribution in [3.8, 4) is 0 Å². The zero-order valence-electron chi connectivity index (χ0n) is 13.6. The number of benzene rings is 1. The second-order valence-corrected chi connectivity index (χ2v) is 6.42. The lowest BCUT2D eigenvalue weighted by molar-refractivity contribution is -0.136. The number of nitrogens with one attached hydrogen (secondary N) is 2. The van der Waals surface area contributed by atoms with Gasteiger partial charge in [-0.25, -0.2) is 4.79 Å². The van der Waals surface area contributed by atoms with Gasteiger partial charge in [-0.2, -0.15) is 0 Å². The average molecular weight is 338 g/mol. The summed E-state index contributed by atoms with van der Waals surface area (Å²) in [6, 6.07) is 6.67. The van der Waals surface area contributed by atoms with Gasteiger partial charge in [0.15, 0.2) is 0 Å². The third kappa shape index (κ3) is 4.86. The quantitative estimate of drug-likeness (QED) is 0.887. The van der Waals surface area contributed by atoms with Crippen LogP contribution in [0.1, 0.15) is 38.7 Å². The first-order valence-electron chi connectivity index (χ1n) is 8.07. The van der Waals surface area contributed by atoms with Crippen molar-refractivity contribution in [3.05, 3.63) is 34.9 Å². The molecule has 1 aliphatic heterocycles. The maximum Gasteiger partial charge on any atom is 0.315 e. The summed E-state index contributed by atoms with van der Waals surface area (Å²) in [6.45, 7) is 4.87. The highest BCUT2D eigenvalue weighted by Crippen LogP contribution is 2.17. The topological polar surface area (TPSA) is 61.4 Å². The minimum atomic E-state index is -0.540. The first kappa shape index (κ1) is 17.6. The molecule has 2 unspecified atom stereocenters. The van der Waals surface area contributed by atoms with Gasteiger partial charge in [-0.1, -0.05) is 29.8 Å². The standard InChI is InChI=1S/C17H24ClN3O2/c1-12-7-5-6-10-21(12)16(22)13(2)20-17(23)19-11-14-8-3-4-9-15(14)18/h3-4,8-9,12-13H,5-7,10-11H2,1-2H3,(H2,19,20,23). The normalized spacial score (nSPS) is 19.1. The maximum atomic E-state index is 12.4. The average Bonchev–Trinajstić information content (AvgIpc) is 2.54. The Labute approximate surface area is 142 Å². The molecule has 1 saturated heterocycles. The van der Waals surface area contributed by atoms with Gasteiger partial charge in [-0.05, 0) is 44.7 Å². The Balaban J connectivity index is 1.82. The summed E-state index contributed by atoms with van der Waals surface area (Å²) in [5.41, 5.74) is 0.841. The highest BCUT2D eigenvalue weighted by atomic mass is 35.5. The molecule has 2 N–H and O–H groups in total. The van der Waals surface area contributed by atoms with Gasteiger partial charge in [0.05, 0.1) is 0 Å². The number of hydrogen-bond donors (Lipinski definition) is 2. The fraction of sp³-hybridized carbons (Fsp3) is 0.529. The molecule has 0 aromatic heterocycles. The van der Waals surface area contributed by atoms with Gasteiger partial charge in [0, 0.05) is 24.2 Å². The van der Waals surface area contributed by atoms with Crippen LogP contribution in [0.15, 0.2) is 24.3 Å². The predicted octanol–water partition coefficient (Wildman–Crippen LogP) is 2.93. The molecule has 2 rings (SSSR count). The van der Waals surface area contributed by atoms with Gasteiger partial charge in [-0.15, -0.1) is 0 Å². The molecular formula is C17H24ClN3O2. The zero-order chi connectivity index (χ0) is 16.8. The fourth-order valence-corrected chi connectivity index (χ4v) is 3.00. The molecule has 5 nitrogen and oxygen atoms in total. The molecule has 126 valence electrons. The Morgan fingerprint density at radius 3 is 2.78 bits per heavy atom. The molecule has 1 aliphatic rings. The minimum Gasteiger partial charge on any atom is -0.338 e. The van der Waals surface area contributed by atoms with E-state index in [4.69, 9.17) is 11.6 Å². The summed E-state index contributed by atoms with van der Waals surface area (Å²) >= 11 is 6.05. The summed E-state index contributed by atoms with van der Waals surface area (Å²) in [5.74, 6) is -0.0231. The maximum absolute atomic E-state index is 12.4. The monoisotopic (exact) mass is 337 g/mol. The Bertz CT molecular complexity index is 565. The number of rotatable bonds is 4. The Morgan fingerprint density at radius 1 is 1.35 bits per heavy atom. The second kappa shape index (κ2) is 8.20. The molecule has 2 atom stereocenters. The summed E-state index contributed by atoms with van der Waals surface area (Å²) < 4.78 is 0. The van der Waals surface area contributed by atoms with Crippen LogP contribution in [-0.2, 0) is 11.3 Å². The largest absolute Gasteiger partial charge is 0.338 e. The van der Waals surface area contributed by atoms with Crippen molar-refractivity contribution < 1.29 is 9.59 Å². The summed E-state index contributed by atoms with van der Waals surface area (Å²) in [4.78, 5) is 26.3. The van der Waals surface area contributed by atoms with Gasteiger partial charge in [0.25, 0.3) is 0 Å². The van der Waals surface area contributed by atoms with Crippen LogP contribution in [0.2, 0.25) is 5.02 Å². The molecule has 1 fully saturated rings. The third-order valence-corrected chi connectivity index (χ3v) is 4.57. The van der Waals surface area contributed by atoms with Crippen LogP contribution in [0.4, 0.5) is 4.79 Å². The van der Waals surface area contributed by atoms with Crippen molar-refractivity contribution in [3.63, 3.8) is 0 Å². The molecule has 3 amide bonds. The Kier molecular flexibility index (Phi) is 6.28. The van der Waals surface area contributed by atoms with Crippen molar-refractivity contribution in [2.24, 2.45) is 0 Å². The number of nitrogens with zero attached hydrogens (tertiary/aromatic N) is 1. The number of amides is 3. The first-order valence-corrected chi connectivity index (χ1v) is 8.45. The molecule has 1 heterocycles. The van der Waals surface area contributed by atoms with Crippen molar-refractivity contribution >= 4 is 23.5 Å². The van der Waals surface area contributed by atoms with E-state index in [2.05, 4.69) is 17.6 Å². The molecule has 0 aliphatic carbocycles. The number of piperidine rings is 1. The first-order chi connectivity index (χ1) is 11.0. The number of urea groups is 1. The van der Waals surface area contributed by atoms with Crippen LogP contribution in [0.3, 0.4) is 0 Å². The van der Waals surface area contributed by atoms with E-state index in [-0.39, 0.29) is 18.0 Å². The van der Waals surface area contributed by atoms with E-state index in [1.54, 1.807) is 13.0 Å². The van der Waals surface area contributed by atoms with E-state index >= 15 is 0 Å². The summed E-state index contributed by atoms with van der Waals surface area (Å²) in [5, 5.41) is 6.05. The molecule has 0 bridgehead atoms. The molecular weight excluding hydrogens is 314 g/mol. The molecule has 0 saturated carbocycles. The summed E-state index contributed by atoms with van der Waals surface area (Å²) in [6.07, 6.45) is 3.21. The Morgan fingerprint density at radius 2 is 2.09 bits per heavy atom. The minimum absolute atomic E-state index is 0.0231. The van der Waals surface area contributed by atoms with E-state index in [1.807, 2.05) is 23.1 Å². The van der Waals surface area contributed by atoms with E-state index in [0.29, 0.717) is 11.6 Å². The molecule has 0 spiro atoms. The highest BCUT2D eigenvalue weighted by molar-refractivity contribution is 6.31. The van der Waals surface area contributed by atoms with E-state index < -0.39 is 6.04 Å². The SMILES string of the molecule is CC(NC(=O)NCc1ccccc1Cl)C(=O)N1CCCCC1C. The number of likely N-dealkylation sites (tertiary alicyclic amines) is 1. The van der Waals surface area contributed by atoms with Gasteiger partial charge in [0.1, 0.15) is 6.04 Å².